The van der Waals surface area contributed by atoms with Gasteiger partial charge in [0.25, 0.3) is 5.56 Å². The van der Waals surface area contributed by atoms with Crippen molar-refractivity contribution in [2.24, 2.45) is 0 Å². The topological polar surface area (TPSA) is 161 Å². The summed E-state index contributed by atoms with van der Waals surface area (Å²) < 4.78 is 38.9. The van der Waals surface area contributed by atoms with Crippen molar-refractivity contribution in [3.63, 3.8) is 0 Å². The second-order valence-electron chi connectivity index (χ2n) is 10.3. The number of aromatic amines is 1. The Kier molecular flexibility index (Phi) is 9.61. The first-order valence-corrected chi connectivity index (χ1v) is 14.8. The van der Waals surface area contributed by atoms with Crippen molar-refractivity contribution in [3.8, 4) is 16.9 Å². The van der Waals surface area contributed by atoms with E-state index < -0.39 is 68.2 Å². The van der Waals surface area contributed by atoms with Gasteiger partial charge in [-0.1, -0.05) is 47.6 Å². The molecule has 0 radical (unpaired) electrons. The first-order chi connectivity index (χ1) is 19.8. The number of benzene rings is 2. The molecule has 4 N–H and O–H groups in total. The molecule has 12 nitrogen and oxygen atoms in total. The lowest BCUT2D eigenvalue weighted by Gasteiger charge is -2.24. The molecule has 1 fully saturated rings. The third kappa shape index (κ3) is 7.30. The maximum atomic E-state index is 15.7. The molecule has 1 aliphatic heterocycles. The second-order valence-corrected chi connectivity index (χ2v) is 12.0. The SMILES string of the molecule is CC(C)OC(=O)[C@H](C)N[P+](O)(OCC1O[C@@H](n2ccc(=O)[nH]c2=O)[C@](C)(F)[C@@H]1O)Oc1cccc(-c2ccccc2)c1. The lowest BCUT2D eigenvalue weighted by molar-refractivity contribution is -0.149. The molecule has 4 rings (SSSR count). The van der Waals surface area contributed by atoms with Gasteiger partial charge in [-0.25, -0.2) is 9.18 Å². The number of rotatable bonds is 11. The minimum absolute atomic E-state index is 0.199. The van der Waals surface area contributed by atoms with E-state index in [2.05, 4.69) is 5.09 Å². The van der Waals surface area contributed by atoms with E-state index in [-0.39, 0.29) is 5.75 Å². The molecule has 3 aromatic rings. The highest BCUT2D eigenvalue weighted by Crippen LogP contribution is 2.54. The Morgan fingerprint density at radius 3 is 2.50 bits per heavy atom. The number of ether oxygens (including phenoxy) is 2. The Bertz CT molecular complexity index is 1500. The summed E-state index contributed by atoms with van der Waals surface area (Å²) in [4.78, 5) is 49.8. The third-order valence-electron chi connectivity index (χ3n) is 6.47. The molecular formula is C28H34FN3O9P+. The van der Waals surface area contributed by atoms with Gasteiger partial charge in [-0.15, -0.1) is 0 Å². The average molecular weight is 607 g/mol. The summed E-state index contributed by atoms with van der Waals surface area (Å²) in [5, 5.41) is 13.4. The number of esters is 1. The fraction of sp³-hybridized carbons (Fsp3) is 0.393. The van der Waals surface area contributed by atoms with Gasteiger partial charge in [0.15, 0.2) is 17.6 Å². The third-order valence-corrected chi connectivity index (χ3v) is 8.14. The number of alkyl halides is 1. The number of aliphatic hydroxyl groups excluding tert-OH is 1. The molecule has 1 aromatic heterocycles. The minimum Gasteiger partial charge on any atom is -0.462 e. The van der Waals surface area contributed by atoms with Gasteiger partial charge in [0.05, 0.1) is 6.10 Å². The van der Waals surface area contributed by atoms with Crippen LogP contribution in [0.25, 0.3) is 11.1 Å². The Morgan fingerprint density at radius 2 is 1.83 bits per heavy atom. The van der Waals surface area contributed by atoms with E-state index in [1.165, 1.54) is 6.92 Å². The van der Waals surface area contributed by atoms with Crippen LogP contribution >= 0.6 is 8.09 Å². The summed E-state index contributed by atoms with van der Waals surface area (Å²) in [7, 11) is -4.17. The molecular weight excluding hydrogens is 572 g/mol. The minimum atomic E-state index is -4.17. The number of aromatic nitrogens is 2. The van der Waals surface area contributed by atoms with Crippen molar-refractivity contribution in [1.29, 1.82) is 0 Å². The van der Waals surface area contributed by atoms with Gasteiger partial charge in [0.1, 0.15) is 24.9 Å². The number of carbonyl (C=O) groups is 1. The average Bonchev–Trinajstić information content (AvgIpc) is 3.15. The van der Waals surface area contributed by atoms with Crippen LogP contribution in [-0.2, 0) is 18.8 Å². The summed E-state index contributed by atoms with van der Waals surface area (Å²) in [6, 6.07) is 16.2. The second kappa shape index (κ2) is 12.8. The van der Waals surface area contributed by atoms with E-state index in [9.17, 15) is 24.4 Å². The number of H-pyrrole nitrogens is 1. The summed E-state index contributed by atoms with van der Waals surface area (Å²) in [6.07, 6.45) is -4.17. The van der Waals surface area contributed by atoms with Crippen molar-refractivity contribution >= 4 is 14.1 Å². The van der Waals surface area contributed by atoms with E-state index in [0.717, 1.165) is 34.9 Å². The molecule has 1 aliphatic rings. The number of hydrogen-bond donors (Lipinski definition) is 4. The summed E-state index contributed by atoms with van der Waals surface area (Å²) in [6.45, 7) is 5.22. The summed E-state index contributed by atoms with van der Waals surface area (Å²) >= 11 is 0. The largest absolute Gasteiger partial charge is 0.544 e. The van der Waals surface area contributed by atoms with Crippen LogP contribution in [0.3, 0.4) is 0 Å². The Balaban J connectivity index is 1.57. The van der Waals surface area contributed by atoms with Crippen LogP contribution in [0.1, 0.15) is 33.9 Å². The van der Waals surface area contributed by atoms with Crippen LogP contribution in [0.5, 0.6) is 5.75 Å². The van der Waals surface area contributed by atoms with E-state index >= 15 is 4.39 Å². The fourth-order valence-electron chi connectivity index (χ4n) is 4.36. The quantitative estimate of drug-likeness (QED) is 0.189. The monoisotopic (exact) mass is 606 g/mol. The normalized spacial score (nSPS) is 24.2. The van der Waals surface area contributed by atoms with Crippen LogP contribution in [0.4, 0.5) is 4.39 Å². The van der Waals surface area contributed by atoms with Crippen molar-refractivity contribution in [2.75, 3.05) is 6.61 Å². The Labute approximate surface area is 241 Å². The number of nitrogens with zero attached hydrogens (tertiary/aromatic N) is 1. The van der Waals surface area contributed by atoms with E-state index in [1.54, 1.807) is 32.0 Å². The molecule has 2 aromatic carbocycles. The Morgan fingerprint density at radius 1 is 1.14 bits per heavy atom. The first kappa shape index (κ1) is 31.5. The number of carbonyl (C=O) groups excluding carboxylic acids is 1. The molecule has 0 bridgehead atoms. The van der Waals surface area contributed by atoms with Crippen LogP contribution in [-0.4, -0.2) is 62.1 Å². The molecule has 1 saturated heterocycles. The zero-order valence-electron chi connectivity index (χ0n) is 23.5. The van der Waals surface area contributed by atoms with Gasteiger partial charge in [-0.05, 0) is 51.0 Å². The fourth-order valence-corrected chi connectivity index (χ4v) is 5.89. The maximum Gasteiger partial charge on any atom is 0.544 e. The molecule has 6 atom stereocenters. The van der Waals surface area contributed by atoms with Gasteiger partial charge >= 0.3 is 19.8 Å². The van der Waals surface area contributed by atoms with E-state index in [0.29, 0.717) is 0 Å². The maximum absolute atomic E-state index is 15.7. The number of hydrogen-bond acceptors (Lipinski definition) is 10. The smallest absolute Gasteiger partial charge is 0.462 e. The lowest BCUT2D eigenvalue weighted by Crippen LogP contribution is -2.44. The van der Waals surface area contributed by atoms with Gasteiger partial charge in [-0.3, -0.25) is 23.7 Å². The molecule has 42 heavy (non-hydrogen) atoms. The van der Waals surface area contributed by atoms with Crippen LogP contribution in [0.15, 0.2) is 76.4 Å². The molecule has 0 aliphatic carbocycles. The Hall–Kier alpha value is -3.45. The lowest BCUT2D eigenvalue weighted by atomic mass is 9.98. The highest BCUT2D eigenvalue weighted by Gasteiger charge is 2.57. The highest BCUT2D eigenvalue weighted by atomic mass is 31.2. The molecule has 2 heterocycles. The van der Waals surface area contributed by atoms with Gasteiger partial charge in [0.2, 0.25) is 0 Å². The predicted molar refractivity (Wildman–Crippen MR) is 152 cm³/mol. The molecule has 14 heteroatoms. The summed E-state index contributed by atoms with van der Waals surface area (Å²) in [5.41, 5.74) is -2.44. The zero-order valence-corrected chi connectivity index (χ0v) is 24.4. The molecule has 0 saturated carbocycles. The van der Waals surface area contributed by atoms with Crippen molar-refractivity contribution in [2.45, 2.75) is 63.9 Å². The predicted octanol–water partition coefficient (Wildman–Crippen LogP) is 2.89. The molecule has 2 unspecified atom stereocenters. The number of nitrogens with one attached hydrogen (secondary N) is 2. The summed E-state index contributed by atoms with van der Waals surface area (Å²) in [5.74, 6) is -0.482. The van der Waals surface area contributed by atoms with Crippen molar-refractivity contribution < 1.29 is 37.7 Å². The standard InChI is InChI=1S/C28H33FN3O9P/c1-17(2)39-25(35)18(3)31-42(37,41-21-12-8-11-20(15-21)19-9-6-5-7-10-19)38-16-22-24(34)28(4,29)26(40-22)32-14-13-23(33)30-27(32)36/h5-15,17-18,22,24,26,31,34,37H,16H2,1-4H3/p+1/t18-,22?,24+,26+,28+,42?/m0/s1. The number of aliphatic hydroxyl groups is 1. The van der Waals surface area contributed by atoms with E-state index in [1.807, 2.05) is 41.4 Å². The molecule has 226 valence electrons. The molecule has 0 spiro atoms. The zero-order chi connectivity index (χ0) is 30.7. The first-order valence-electron chi connectivity index (χ1n) is 13.2. The van der Waals surface area contributed by atoms with Crippen molar-refractivity contribution in [3.05, 3.63) is 87.7 Å². The van der Waals surface area contributed by atoms with Gasteiger partial charge < -0.3 is 14.6 Å². The van der Waals surface area contributed by atoms with Crippen molar-refractivity contribution in [1.82, 2.24) is 14.6 Å². The highest BCUT2D eigenvalue weighted by molar-refractivity contribution is 7.58. The van der Waals surface area contributed by atoms with Crippen LogP contribution < -0.4 is 20.9 Å². The number of halogens is 1. The van der Waals surface area contributed by atoms with Crippen LogP contribution in [0, 0.1) is 0 Å². The molecule has 0 amide bonds. The van der Waals surface area contributed by atoms with E-state index in [4.69, 9.17) is 18.5 Å². The van der Waals surface area contributed by atoms with Gasteiger partial charge in [0, 0.05) is 12.3 Å². The van der Waals surface area contributed by atoms with Crippen LogP contribution in [0.2, 0.25) is 0 Å². The van der Waals surface area contributed by atoms with Gasteiger partial charge in [-0.2, -0.15) is 9.42 Å².